The van der Waals surface area contributed by atoms with Crippen molar-refractivity contribution in [3.8, 4) is 0 Å². The van der Waals surface area contributed by atoms with Gasteiger partial charge in [-0.2, -0.15) is 0 Å². The molecule has 1 aromatic rings. The summed E-state index contributed by atoms with van der Waals surface area (Å²) < 4.78 is 0. The number of aliphatic carboxylic acids is 1. The number of nitrogens with one attached hydrogen (secondary N) is 1. The molecule has 19 heavy (non-hydrogen) atoms. The predicted molar refractivity (Wildman–Crippen MR) is 69.7 cm³/mol. The lowest BCUT2D eigenvalue weighted by molar-refractivity contribution is -0.144. The molecule has 1 unspecified atom stereocenters. The summed E-state index contributed by atoms with van der Waals surface area (Å²) in [6.07, 6.45) is 0. The minimum Gasteiger partial charge on any atom is -0.480 e. The Labute approximate surface area is 111 Å². The van der Waals surface area contributed by atoms with Crippen LogP contribution in [-0.4, -0.2) is 47.6 Å². The number of primary amides is 1. The van der Waals surface area contributed by atoms with Gasteiger partial charge in [0, 0.05) is 31.7 Å². The summed E-state index contributed by atoms with van der Waals surface area (Å²) in [5.41, 5.74) is 6.57. The van der Waals surface area contributed by atoms with Crippen molar-refractivity contribution < 1.29 is 14.7 Å². The summed E-state index contributed by atoms with van der Waals surface area (Å²) >= 11 is 0. The number of carboxylic acid groups (broad SMARTS) is 1. The van der Waals surface area contributed by atoms with E-state index < -0.39 is 17.9 Å². The monoisotopic (exact) mass is 263 g/mol. The lowest BCUT2D eigenvalue weighted by atomic mass is 10.1. The maximum absolute atomic E-state index is 11.2. The van der Waals surface area contributed by atoms with E-state index in [0.717, 1.165) is 12.1 Å². The highest BCUT2D eigenvalue weighted by Gasteiger charge is 2.28. The van der Waals surface area contributed by atoms with Gasteiger partial charge in [-0.3, -0.25) is 14.5 Å². The van der Waals surface area contributed by atoms with Gasteiger partial charge in [0.2, 0.25) is 5.91 Å². The number of nitrogens with two attached hydrogens (primary N) is 1. The number of piperazine rings is 1. The van der Waals surface area contributed by atoms with Crippen molar-refractivity contribution in [2.75, 3.05) is 19.6 Å². The molecule has 6 nitrogen and oxygen atoms in total. The molecule has 1 aromatic carbocycles. The summed E-state index contributed by atoms with van der Waals surface area (Å²) in [4.78, 5) is 24.2. The number of hydrogen-bond donors (Lipinski definition) is 3. The van der Waals surface area contributed by atoms with E-state index in [9.17, 15) is 14.7 Å². The van der Waals surface area contributed by atoms with Crippen LogP contribution in [0.3, 0.4) is 0 Å². The molecule has 1 aliphatic heterocycles. The van der Waals surface area contributed by atoms with Crippen molar-refractivity contribution >= 4 is 11.9 Å². The van der Waals surface area contributed by atoms with Gasteiger partial charge < -0.3 is 16.2 Å². The van der Waals surface area contributed by atoms with Crippen molar-refractivity contribution in [3.63, 3.8) is 0 Å². The Morgan fingerprint density at radius 2 is 2.26 bits per heavy atom. The first-order valence-corrected chi connectivity index (χ1v) is 6.14. The molecule has 1 atom stereocenters. The number of nitrogens with zero attached hydrogens (tertiary/aromatic N) is 1. The maximum atomic E-state index is 11.2. The third-order valence-electron chi connectivity index (χ3n) is 3.24. The molecular weight excluding hydrogens is 246 g/mol. The van der Waals surface area contributed by atoms with Crippen LogP contribution in [0, 0.1) is 0 Å². The van der Waals surface area contributed by atoms with Gasteiger partial charge in [0.1, 0.15) is 6.04 Å². The molecule has 1 amide bonds. The summed E-state index contributed by atoms with van der Waals surface area (Å²) in [5.74, 6) is -1.31. The number of carbonyl (C=O) groups excluding carboxylic acids is 1. The molecular formula is C13H17N3O3. The smallest absolute Gasteiger partial charge is 0.322 e. The van der Waals surface area contributed by atoms with E-state index in [1.807, 2.05) is 11.0 Å². The standard InChI is InChI=1S/C13H17N3O3/c14-12(17)10-3-1-2-9(6-10)8-16-5-4-15-7-11(16)13(18)19/h1-3,6,11,15H,4-5,7-8H2,(H2,14,17)(H,18,19). The quantitative estimate of drug-likeness (QED) is 0.689. The minimum atomic E-state index is -0.835. The molecule has 1 aliphatic rings. The van der Waals surface area contributed by atoms with Crippen LogP contribution < -0.4 is 11.1 Å². The van der Waals surface area contributed by atoms with Crippen molar-refractivity contribution in [1.29, 1.82) is 0 Å². The molecule has 2 rings (SSSR count). The van der Waals surface area contributed by atoms with Crippen LogP contribution in [0.5, 0.6) is 0 Å². The zero-order valence-electron chi connectivity index (χ0n) is 10.5. The summed E-state index contributed by atoms with van der Waals surface area (Å²) in [6, 6.07) is 6.45. The first-order chi connectivity index (χ1) is 9.08. The number of hydrogen-bond acceptors (Lipinski definition) is 4. The fourth-order valence-corrected chi connectivity index (χ4v) is 2.24. The fourth-order valence-electron chi connectivity index (χ4n) is 2.24. The normalized spacial score (nSPS) is 20.1. The van der Waals surface area contributed by atoms with E-state index in [1.165, 1.54) is 0 Å². The van der Waals surface area contributed by atoms with Crippen LogP contribution >= 0.6 is 0 Å². The zero-order valence-corrected chi connectivity index (χ0v) is 10.5. The molecule has 1 fully saturated rings. The van der Waals surface area contributed by atoms with Crippen LogP contribution in [0.2, 0.25) is 0 Å². The molecule has 0 radical (unpaired) electrons. The second-order valence-electron chi connectivity index (χ2n) is 4.59. The van der Waals surface area contributed by atoms with Crippen molar-refractivity contribution in [1.82, 2.24) is 10.2 Å². The van der Waals surface area contributed by atoms with Gasteiger partial charge in [-0.15, -0.1) is 0 Å². The van der Waals surface area contributed by atoms with E-state index in [2.05, 4.69) is 5.32 Å². The van der Waals surface area contributed by atoms with E-state index >= 15 is 0 Å². The number of carboxylic acids is 1. The summed E-state index contributed by atoms with van der Waals surface area (Å²) in [7, 11) is 0. The van der Waals surface area contributed by atoms with Gasteiger partial charge in [0.05, 0.1) is 0 Å². The summed E-state index contributed by atoms with van der Waals surface area (Å²) in [5, 5.41) is 12.2. The first kappa shape index (κ1) is 13.5. The molecule has 4 N–H and O–H groups in total. The number of rotatable bonds is 4. The molecule has 6 heteroatoms. The highest BCUT2D eigenvalue weighted by molar-refractivity contribution is 5.92. The number of carbonyl (C=O) groups is 2. The molecule has 0 aromatic heterocycles. The Bertz CT molecular complexity index is 490. The van der Waals surface area contributed by atoms with Gasteiger partial charge in [-0.25, -0.2) is 0 Å². The third kappa shape index (κ3) is 3.30. The minimum absolute atomic E-state index is 0.435. The van der Waals surface area contributed by atoms with Crippen LogP contribution in [0.4, 0.5) is 0 Å². The van der Waals surface area contributed by atoms with Crippen LogP contribution in [-0.2, 0) is 11.3 Å². The molecule has 0 aliphatic carbocycles. The van der Waals surface area contributed by atoms with Gasteiger partial charge in [-0.05, 0) is 17.7 Å². The Morgan fingerprint density at radius 3 is 2.95 bits per heavy atom. The van der Waals surface area contributed by atoms with Crippen LogP contribution in [0.1, 0.15) is 15.9 Å². The van der Waals surface area contributed by atoms with Crippen molar-refractivity contribution in [2.24, 2.45) is 5.73 Å². The molecule has 0 saturated carbocycles. The van der Waals surface area contributed by atoms with E-state index in [-0.39, 0.29) is 0 Å². The molecule has 102 valence electrons. The van der Waals surface area contributed by atoms with Gasteiger partial charge in [-0.1, -0.05) is 12.1 Å². The molecule has 1 heterocycles. The number of amides is 1. The average Bonchev–Trinajstić information content (AvgIpc) is 2.39. The highest BCUT2D eigenvalue weighted by atomic mass is 16.4. The lowest BCUT2D eigenvalue weighted by Gasteiger charge is -2.33. The Morgan fingerprint density at radius 1 is 1.47 bits per heavy atom. The van der Waals surface area contributed by atoms with Gasteiger partial charge >= 0.3 is 5.97 Å². The topological polar surface area (TPSA) is 95.7 Å². The van der Waals surface area contributed by atoms with Gasteiger partial charge in [0.15, 0.2) is 0 Å². The highest BCUT2D eigenvalue weighted by Crippen LogP contribution is 2.12. The lowest BCUT2D eigenvalue weighted by Crippen LogP contribution is -2.54. The zero-order chi connectivity index (χ0) is 13.8. The van der Waals surface area contributed by atoms with Gasteiger partial charge in [0.25, 0.3) is 0 Å². The van der Waals surface area contributed by atoms with E-state index in [1.54, 1.807) is 18.2 Å². The van der Waals surface area contributed by atoms with E-state index in [4.69, 9.17) is 5.73 Å². The molecule has 0 spiro atoms. The fraction of sp³-hybridized carbons (Fsp3) is 0.385. The SMILES string of the molecule is NC(=O)c1cccc(CN2CCNCC2C(=O)O)c1. The predicted octanol–water partition coefficient (Wildman–Crippen LogP) is -0.356. The largest absolute Gasteiger partial charge is 0.480 e. The Balaban J connectivity index is 2.12. The molecule has 1 saturated heterocycles. The number of benzene rings is 1. The first-order valence-electron chi connectivity index (χ1n) is 6.14. The van der Waals surface area contributed by atoms with Crippen molar-refractivity contribution in [3.05, 3.63) is 35.4 Å². The Kier molecular flexibility index (Phi) is 4.13. The maximum Gasteiger partial charge on any atom is 0.322 e. The van der Waals surface area contributed by atoms with E-state index in [0.29, 0.717) is 25.2 Å². The van der Waals surface area contributed by atoms with Crippen molar-refractivity contribution in [2.45, 2.75) is 12.6 Å². The average molecular weight is 263 g/mol. The molecule has 0 bridgehead atoms. The second-order valence-corrected chi connectivity index (χ2v) is 4.59. The van der Waals surface area contributed by atoms with Crippen LogP contribution in [0.25, 0.3) is 0 Å². The second kappa shape index (κ2) is 5.81. The third-order valence-corrected chi connectivity index (χ3v) is 3.24. The summed E-state index contributed by atoms with van der Waals surface area (Å²) in [6.45, 7) is 2.36. The van der Waals surface area contributed by atoms with Crippen LogP contribution in [0.15, 0.2) is 24.3 Å². The Hall–Kier alpha value is -1.92.